The molecule has 1 fully saturated rings. The number of amides is 1. The maximum Gasteiger partial charge on any atom is 0.224 e. The molecule has 1 unspecified atom stereocenters. The molecule has 1 aliphatic rings. The van der Waals surface area contributed by atoms with Crippen LogP contribution >= 0.6 is 11.6 Å². The molecule has 0 radical (unpaired) electrons. The number of likely N-dealkylation sites (tertiary alicyclic amines) is 1. The van der Waals surface area contributed by atoms with E-state index in [1.807, 2.05) is 4.90 Å². The number of carbonyl (C=O) groups is 1. The van der Waals surface area contributed by atoms with E-state index in [-0.39, 0.29) is 25.4 Å². The molecule has 1 aromatic rings. The van der Waals surface area contributed by atoms with Crippen molar-refractivity contribution in [2.75, 3.05) is 19.3 Å². The van der Waals surface area contributed by atoms with E-state index in [1.165, 1.54) is 10.6 Å². The van der Waals surface area contributed by atoms with Crippen LogP contribution in [0.3, 0.4) is 0 Å². The highest BCUT2D eigenvalue weighted by Crippen LogP contribution is 2.21. The lowest BCUT2D eigenvalue weighted by Gasteiger charge is -2.35. The first-order chi connectivity index (χ1) is 11.8. The number of rotatable bonds is 7. The Kier molecular flexibility index (Phi) is 7.28. The number of sulfonamides is 1. The molecule has 0 aliphatic carbocycles. The molecule has 7 heteroatoms. The fraction of sp³-hybridized carbons (Fsp3) is 0.611. The zero-order chi connectivity index (χ0) is 18.4. The Morgan fingerprint density at radius 3 is 2.56 bits per heavy atom. The predicted molar refractivity (Wildman–Crippen MR) is 101 cm³/mol. The molecule has 1 aromatic carbocycles. The van der Waals surface area contributed by atoms with Gasteiger partial charge in [-0.25, -0.2) is 8.42 Å². The van der Waals surface area contributed by atoms with Crippen LogP contribution in [0.5, 0.6) is 0 Å². The van der Waals surface area contributed by atoms with E-state index in [9.17, 15) is 13.2 Å². The Hall–Kier alpha value is -1.11. The third kappa shape index (κ3) is 5.97. The standard InChI is InChI=1S/C18H27ClN2O3S/c1-3-17-6-4-5-12-21(17)18(22)11-13-20(25(2,23)24)14-15-7-9-16(19)10-8-15/h7-10,17H,3-6,11-14H2,1-2H3. The van der Waals surface area contributed by atoms with Crippen molar-refractivity contribution in [3.63, 3.8) is 0 Å². The van der Waals surface area contributed by atoms with E-state index >= 15 is 0 Å². The van der Waals surface area contributed by atoms with Crippen LogP contribution in [0.2, 0.25) is 5.02 Å². The van der Waals surface area contributed by atoms with Crippen LogP contribution < -0.4 is 0 Å². The van der Waals surface area contributed by atoms with Gasteiger partial charge >= 0.3 is 0 Å². The van der Waals surface area contributed by atoms with Gasteiger partial charge in [-0.3, -0.25) is 4.79 Å². The average Bonchev–Trinajstić information content (AvgIpc) is 2.58. The van der Waals surface area contributed by atoms with Gasteiger partial charge in [0.25, 0.3) is 0 Å². The van der Waals surface area contributed by atoms with Gasteiger partial charge in [0.1, 0.15) is 0 Å². The first-order valence-corrected chi connectivity index (χ1v) is 11.0. The van der Waals surface area contributed by atoms with Crippen molar-refractivity contribution >= 4 is 27.5 Å². The summed E-state index contributed by atoms with van der Waals surface area (Å²) in [7, 11) is -3.39. The molecule has 5 nitrogen and oxygen atoms in total. The second kappa shape index (κ2) is 9.01. The Bertz CT molecular complexity index is 676. The molecule has 1 atom stereocenters. The van der Waals surface area contributed by atoms with E-state index in [0.717, 1.165) is 37.8 Å². The molecule has 25 heavy (non-hydrogen) atoms. The molecule has 140 valence electrons. The van der Waals surface area contributed by atoms with Crippen LogP contribution in [0.25, 0.3) is 0 Å². The number of piperidine rings is 1. The summed E-state index contributed by atoms with van der Waals surface area (Å²) in [5, 5.41) is 0.612. The normalized spacial score (nSPS) is 18.6. The zero-order valence-corrected chi connectivity index (χ0v) is 16.5. The third-order valence-corrected chi connectivity index (χ3v) is 6.24. The summed E-state index contributed by atoms with van der Waals surface area (Å²) in [4.78, 5) is 14.5. The van der Waals surface area contributed by atoms with Crippen molar-refractivity contribution in [1.82, 2.24) is 9.21 Å². The largest absolute Gasteiger partial charge is 0.340 e. The van der Waals surface area contributed by atoms with Crippen LogP contribution in [0.4, 0.5) is 0 Å². The van der Waals surface area contributed by atoms with E-state index < -0.39 is 10.0 Å². The predicted octanol–water partition coefficient (Wildman–Crippen LogP) is 3.28. The Labute approximate surface area is 156 Å². The van der Waals surface area contributed by atoms with Crippen molar-refractivity contribution in [1.29, 1.82) is 0 Å². The van der Waals surface area contributed by atoms with E-state index in [2.05, 4.69) is 6.92 Å². The summed E-state index contributed by atoms with van der Waals surface area (Å²) in [6, 6.07) is 7.38. The highest BCUT2D eigenvalue weighted by Gasteiger charge is 2.26. The van der Waals surface area contributed by atoms with Crippen molar-refractivity contribution < 1.29 is 13.2 Å². The minimum absolute atomic E-state index is 0.0521. The average molecular weight is 387 g/mol. The molecule has 0 saturated carbocycles. The van der Waals surface area contributed by atoms with E-state index in [1.54, 1.807) is 24.3 Å². The number of hydrogen-bond donors (Lipinski definition) is 0. The molecule has 0 bridgehead atoms. The fourth-order valence-electron chi connectivity index (χ4n) is 3.27. The van der Waals surface area contributed by atoms with Crippen molar-refractivity contribution in [2.24, 2.45) is 0 Å². The third-order valence-electron chi connectivity index (χ3n) is 4.74. The smallest absolute Gasteiger partial charge is 0.224 e. The Morgan fingerprint density at radius 1 is 1.28 bits per heavy atom. The lowest BCUT2D eigenvalue weighted by Crippen LogP contribution is -2.44. The lowest BCUT2D eigenvalue weighted by atomic mass is 9.99. The first-order valence-electron chi connectivity index (χ1n) is 8.80. The minimum Gasteiger partial charge on any atom is -0.340 e. The quantitative estimate of drug-likeness (QED) is 0.722. The maximum atomic E-state index is 12.6. The number of nitrogens with zero attached hydrogens (tertiary/aromatic N) is 2. The second-order valence-corrected chi connectivity index (χ2v) is 9.04. The van der Waals surface area contributed by atoms with Crippen molar-refractivity contribution in [3.05, 3.63) is 34.9 Å². The molecular weight excluding hydrogens is 360 g/mol. The number of carbonyl (C=O) groups excluding carboxylic acids is 1. The summed E-state index contributed by atoms with van der Waals surface area (Å²) in [5.74, 6) is 0.0521. The molecule has 0 N–H and O–H groups in total. The molecule has 1 saturated heterocycles. The zero-order valence-electron chi connectivity index (χ0n) is 14.9. The molecular formula is C18H27ClN2O3S. The first kappa shape index (κ1) is 20.2. The van der Waals surface area contributed by atoms with Crippen molar-refractivity contribution in [3.8, 4) is 0 Å². The van der Waals surface area contributed by atoms with E-state index in [4.69, 9.17) is 11.6 Å². The summed E-state index contributed by atoms with van der Waals surface area (Å²) in [6.07, 6.45) is 5.59. The summed E-state index contributed by atoms with van der Waals surface area (Å²) in [5.41, 5.74) is 0.853. The van der Waals surface area contributed by atoms with Crippen LogP contribution in [0, 0.1) is 0 Å². The topological polar surface area (TPSA) is 57.7 Å². The molecule has 1 amide bonds. The van der Waals surface area contributed by atoms with Crippen molar-refractivity contribution in [2.45, 2.75) is 51.6 Å². The molecule has 0 spiro atoms. The highest BCUT2D eigenvalue weighted by molar-refractivity contribution is 7.88. The van der Waals surface area contributed by atoms with Crippen LogP contribution in [-0.2, 0) is 21.4 Å². The summed E-state index contributed by atoms with van der Waals surface area (Å²) >= 11 is 5.87. The van der Waals surface area contributed by atoms with E-state index in [0.29, 0.717) is 11.1 Å². The van der Waals surface area contributed by atoms with Crippen LogP contribution in [0.15, 0.2) is 24.3 Å². The van der Waals surface area contributed by atoms with Crippen LogP contribution in [-0.4, -0.2) is 48.9 Å². The maximum absolute atomic E-state index is 12.6. The highest BCUT2D eigenvalue weighted by atomic mass is 35.5. The Balaban J connectivity index is 2.00. The molecule has 1 heterocycles. The number of hydrogen-bond acceptors (Lipinski definition) is 3. The SMILES string of the molecule is CCC1CCCCN1C(=O)CCN(Cc1ccc(Cl)cc1)S(C)(=O)=O. The molecule has 2 rings (SSSR count). The van der Waals surface area contributed by atoms with Gasteiger partial charge in [0, 0.05) is 37.1 Å². The van der Waals surface area contributed by atoms with Crippen LogP contribution in [0.1, 0.15) is 44.6 Å². The van der Waals surface area contributed by atoms with Gasteiger partial charge < -0.3 is 4.90 Å². The lowest BCUT2D eigenvalue weighted by molar-refractivity contribution is -0.135. The van der Waals surface area contributed by atoms with Gasteiger partial charge in [0.15, 0.2) is 0 Å². The van der Waals surface area contributed by atoms with Gasteiger partial charge in [0.2, 0.25) is 15.9 Å². The number of benzene rings is 1. The summed E-state index contributed by atoms with van der Waals surface area (Å²) < 4.78 is 25.5. The molecule has 1 aliphatic heterocycles. The van der Waals surface area contributed by atoms with Gasteiger partial charge in [-0.2, -0.15) is 4.31 Å². The number of halogens is 1. The monoisotopic (exact) mass is 386 g/mol. The minimum atomic E-state index is -3.39. The van der Waals surface area contributed by atoms with Gasteiger partial charge in [-0.15, -0.1) is 0 Å². The molecule has 0 aromatic heterocycles. The second-order valence-electron chi connectivity index (χ2n) is 6.62. The fourth-order valence-corrected chi connectivity index (χ4v) is 4.21. The van der Waals surface area contributed by atoms with Gasteiger partial charge in [-0.05, 0) is 43.4 Å². The summed E-state index contributed by atoms with van der Waals surface area (Å²) in [6.45, 7) is 3.33. The Morgan fingerprint density at radius 2 is 1.96 bits per heavy atom. The van der Waals surface area contributed by atoms with Gasteiger partial charge in [-0.1, -0.05) is 30.7 Å². The van der Waals surface area contributed by atoms with Gasteiger partial charge in [0.05, 0.1) is 6.26 Å².